The quantitative estimate of drug-likeness (QED) is 0.806. The Morgan fingerprint density at radius 2 is 1.83 bits per heavy atom. The predicted molar refractivity (Wildman–Crippen MR) is 100 cm³/mol. The Balaban J connectivity index is 1.68. The summed E-state index contributed by atoms with van der Waals surface area (Å²) in [7, 11) is 0. The van der Waals surface area contributed by atoms with E-state index in [1.807, 2.05) is 23.9 Å². The Kier molecular flexibility index (Phi) is 4.36. The molecule has 2 aromatic carbocycles. The zero-order valence-electron chi connectivity index (χ0n) is 13.8. The largest absolute Gasteiger partial charge is 0.325 e. The molecule has 1 spiro atoms. The van der Waals surface area contributed by atoms with Gasteiger partial charge in [0.2, 0.25) is 5.91 Å². The topological polar surface area (TPSA) is 29.1 Å². The number of anilines is 1. The first-order valence-electron chi connectivity index (χ1n) is 8.87. The fraction of sp³-hybridized carbons (Fsp3) is 0.381. The molecule has 24 heavy (non-hydrogen) atoms. The number of nitrogens with one attached hydrogen (secondary N) is 1. The van der Waals surface area contributed by atoms with Crippen LogP contribution >= 0.6 is 11.8 Å². The number of thioether (sulfide) groups is 1. The molecule has 1 N–H and O–H groups in total. The van der Waals surface area contributed by atoms with Crippen LogP contribution in [0.25, 0.3) is 0 Å². The van der Waals surface area contributed by atoms with Crippen LogP contribution in [-0.2, 0) is 11.2 Å². The molecule has 3 heteroatoms. The zero-order valence-corrected chi connectivity index (χ0v) is 14.6. The Bertz CT molecular complexity index is 730. The number of hydrogen-bond acceptors (Lipinski definition) is 2. The SMILES string of the molecule is O=C1CC2(CCCCC2Cc2ccccc2)Sc2ccccc2N1. The molecule has 2 atom stereocenters. The van der Waals surface area contributed by atoms with E-state index >= 15 is 0 Å². The lowest BCUT2D eigenvalue weighted by atomic mass is 9.73. The highest BCUT2D eigenvalue weighted by Gasteiger charge is 2.44. The minimum absolute atomic E-state index is 0.0325. The van der Waals surface area contributed by atoms with Crippen LogP contribution in [-0.4, -0.2) is 10.7 Å². The average molecular weight is 337 g/mol. The van der Waals surface area contributed by atoms with Gasteiger partial charge in [-0.05, 0) is 42.9 Å². The van der Waals surface area contributed by atoms with Crippen LogP contribution in [0.5, 0.6) is 0 Å². The van der Waals surface area contributed by atoms with Gasteiger partial charge in [-0.25, -0.2) is 0 Å². The molecule has 0 radical (unpaired) electrons. The number of rotatable bonds is 2. The van der Waals surface area contributed by atoms with Crippen molar-refractivity contribution >= 4 is 23.4 Å². The molecule has 0 aromatic heterocycles. The van der Waals surface area contributed by atoms with Gasteiger partial charge in [-0.3, -0.25) is 4.79 Å². The normalized spacial score (nSPS) is 26.5. The zero-order chi connectivity index (χ0) is 16.4. The van der Waals surface area contributed by atoms with E-state index < -0.39 is 0 Å². The molecule has 124 valence electrons. The summed E-state index contributed by atoms with van der Waals surface area (Å²) in [4.78, 5) is 13.8. The van der Waals surface area contributed by atoms with Gasteiger partial charge >= 0.3 is 0 Å². The van der Waals surface area contributed by atoms with Gasteiger partial charge in [-0.2, -0.15) is 0 Å². The van der Waals surface area contributed by atoms with Crippen LogP contribution in [0.2, 0.25) is 0 Å². The highest BCUT2D eigenvalue weighted by molar-refractivity contribution is 8.01. The highest BCUT2D eigenvalue weighted by Crippen LogP contribution is 2.53. The fourth-order valence-electron chi connectivity index (χ4n) is 4.22. The second kappa shape index (κ2) is 6.64. The molecular formula is C21H23NOS. The summed E-state index contributed by atoms with van der Waals surface area (Å²) in [5.74, 6) is 0.725. The summed E-state index contributed by atoms with van der Waals surface area (Å²) in [5.41, 5.74) is 2.37. The van der Waals surface area contributed by atoms with Crippen LogP contribution in [0.1, 0.15) is 37.7 Å². The van der Waals surface area contributed by atoms with E-state index in [2.05, 4.69) is 47.8 Å². The summed E-state index contributed by atoms with van der Waals surface area (Å²) >= 11 is 1.95. The van der Waals surface area contributed by atoms with E-state index in [9.17, 15) is 4.79 Å². The lowest BCUT2D eigenvalue weighted by molar-refractivity contribution is -0.117. The number of para-hydroxylation sites is 1. The molecule has 1 heterocycles. The van der Waals surface area contributed by atoms with Crippen LogP contribution < -0.4 is 5.32 Å². The van der Waals surface area contributed by atoms with Gasteiger partial charge in [0.25, 0.3) is 0 Å². The molecule has 2 aliphatic rings. The first-order valence-corrected chi connectivity index (χ1v) is 9.69. The van der Waals surface area contributed by atoms with E-state index in [1.165, 1.54) is 29.7 Å². The number of carbonyl (C=O) groups excluding carboxylic acids is 1. The summed E-state index contributed by atoms with van der Waals surface area (Å²) in [5, 5.41) is 3.12. The third kappa shape index (κ3) is 3.10. The van der Waals surface area contributed by atoms with Crippen molar-refractivity contribution < 1.29 is 4.79 Å². The number of hydrogen-bond donors (Lipinski definition) is 1. The minimum Gasteiger partial charge on any atom is -0.325 e. The maximum atomic E-state index is 12.6. The molecule has 0 saturated heterocycles. The maximum absolute atomic E-state index is 12.6. The average Bonchev–Trinajstić information content (AvgIpc) is 2.73. The monoisotopic (exact) mass is 337 g/mol. The summed E-state index contributed by atoms with van der Waals surface area (Å²) in [6.07, 6.45) is 6.57. The molecule has 1 amide bonds. The fourth-order valence-corrected chi connectivity index (χ4v) is 5.85. The van der Waals surface area contributed by atoms with Crippen molar-refractivity contribution in [3.05, 3.63) is 60.2 Å². The van der Waals surface area contributed by atoms with E-state index in [4.69, 9.17) is 0 Å². The van der Waals surface area contributed by atoms with Crippen molar-refractivity contribution in [1.29, 1.82) is 0 Å². The van der Waals surface area contributed by atoms with Gasteiger partial charge in [-0.1, -0.05) is 55.3 Å². The second-order valence-electron chi connectivity index (χ2n) is 7.02. The first-order chi connectivity index (χ1) is 11.8. The standard InChI is InChI=1S/C21H23NOS/c23-20-15-21(24-19-12-5-4-11-18(19)22-20)13-7-6-10-17(21)14-16-8-2-1-3-9-16/h1-5,8-9,11-12,17H,6-7,10,13-15H2,(H,22,23). The van der Waals surface area contributed by atoms with E-state index in [0.717, 1.165) is 18.5 Å². The maximum Gasteiger partial charge on any atom is 0.225 e. The van der Waals surface area contributed by atoms with Gasteiger partial charge in [0.1, 0.15) is 0 Å². The van der Waals surface area contributed by atoms with E-state index in [0.29, 0.717) is 12.3 Å². The van der Waals surface area contributed by atoms with Gasteiger partial charge in [0.15, 0.2) is 0 Å². The third-order valence-corrected chi connectivity index (χ3v) is 7.07. The van der Waals surface area contributed by atoms with Crippen molar-refractivity contribution in [2.75, 3.05) is 5.32 Å². The molecule has 2 unspecified atom stereocenters. The van der Waals surface area contributed by atoms with Gasteiger partial charge in [-0.15, -0.1) is 11.8 Å². The van der Waals surface area contributed by atoms with Crippen molar-refractivity contribution in [3.63, 3.8) is 0 Å². The molecule has 4 rings (SSSR count). The number of benzene rings is 2. The van der Waals surface area contributed by atoms with Crippen molar-refractivity contribution in [1.82, 2.24) is 0 Å². The molecule has 0 bridgehead atoms. The Hall–Kier alpha value is -1.74. The number of amides is 1. The third-order valence-electron chi connectivity index (χ3n) is 5.41. The molecule has 2 nitrogen and oxygen atoms in total. The van der Waals surface area contributed by atoms with Crippen LogP contribution in [0.4, 0.5) is 5.69 Å². The van der Waals surface area contributed by atoms with Crippen molar-refractivity contribution in [2.45, 2.75) is 48.2 Å². The lowest BCUT2D eigenvalue weighted by Crippen LogP contribution is -2.41. The second-order valence-corrected chi connectivity index (χ2v) is 8.48. The number of fused-ring (bicyclic) bond motifs is 1. The van der Waals surface area contributed by atoms with Crippen molar-refractivity contribution in [3.8, 4) is 0 Å². The van der Waals surface area contributed by atoms with Crippen molar-refractivity contribution in [2.24, 2.45) is 5.92 Å². The molecule has 2 aromatic rings. The molecule has 1 aliphatic heterocycles. The molecule has 1 aliphatic carbocycles. The smallest absolute Gasteiger partial charge is 0.225 e. The molecule has 1 saturated carbocycles. The number of carbonyl (C=O) groups is 1. The van der Waals surface area contributed by atoms with Gasteiger partial charge in [0, 0.05) is 16.1 Å². The first kappa shape index (κ1) is 15.8. The van der Waals surface area contributed by atoms with E-state index in [-0.39, 0.29) is 10.7 Å². The summed E-state index contributed by atoms with van der Waals surface area (Å²) in [6, 6.07) is 19.0. The Morgan fingerprint density at radius 3 is 2.71 bits per heavy atom. The van der Waals surface area contributed by atoms with Gasteiger partial charge < -0.3 is 5.32 Å². The minimum atomic E-state index is 0.0325. The Morgan fingerprint density at radius 1 is 1.04 bits per heavy atom. The highest BCUT2D eigenvalue weighted by atomic mass is 32.2. The Labute approximate surface area is 148 Å². The van der Waals surface area contributed by atoms with Crippen LogP contribution in [0.3, 0.4) is 0 Å². The van der Waals surface area contributed by atoms with E-state index in [1.54, 1.807) is 0 Å². The van der Waals surface area contributed by atoms with Crippen LogP contribution in [0.15, 0.2) is 59.5 Å². The van der Waals surface area contributed by atoms with Crippen LogP contribution in [0, 0.1) is 5.92 Å². The molecular weight excluding hydrogens is 314 g/mol. The summed E-state index contributed by atoms with van der Waals surface area (Å²) in [6.45, 7) is 0. The lowest BCUT2D eigenvalue weighted by Gasteiger charge is -2.43. The van der Waals surface area contributed by atoms with Gasteiger partial charge in [0.05, 0.1) is 5.69 Å². The summed E-state index contributed by atoms with van der Waals surface area (Å²) < 4.78 is 0.0325. The molecule has 1 fully saturated rings. The predicted octanol–water partition coefficient (Wildman–Crippen LogP) is 5.29.